The topological polar surface area (TPSA) is 87.5 Å². The van der Waals surface area contributed by atoms with Crippen LogP contribution in [-0.2, 0) is 21.9 Å². The maximum atomic E-state index is 13.0. The first-order valence-electron chi connectivity index (χ1n) is 8.53. The molecule has 0 aliphatic carbocycles. The summed E-state index contributed by atoms with van der Waals surface area (Å²) in [6, 6.07) is 4.22. The second-order valence-electron chi connectivity index (χ2n) is 6.35. The van der Waals surface area contributed by atoms with E-state index in [1.807, 2.05) is 0 Å². The van der Waals surface area contributed by atoms with Crippen LogP contribution in [0.25, 0.3) is 0 Å². The lowest BCUT2D eigenvalue weighted by molar-refractivity contribution is -0.134. The molecule has 8 nitrogen and oxygen atoms in total. The highest BCUT2D eigenvalue weighted by Gasteiger charge is 2.33. The molecule has 1 atom stereocenters. The number of carbonyl (C=O) groups excluding carboxylic acids is 1. The molecule has 2 heterocycles. The molecule has 0 radical (unpaired) electrons. The number of hydrogen-bond donors (Lipinski definition) is 1. The Kier molecular flexibility index (Phi) is 5.59. The van der Waals surface area contributed by atoms with Crippen LogP contribution in [0.1, 0.15) is 11.6 Å². The first-order valence-corrected chi connectivity index (χ1v) is 9.97. The Balaban J connectivity index is 1.67. The SMILES string of the molecule is CNC(C(=O)N1CCN(S(=O)(=O)c2ccc(F)cc2)CC1)c1cnn(C)c1. The zero-order valence-electron chi connectivity index (χ0n) is 15.2. The lowest BCUT2D eigenvalue weighted by Crippen LogP contribution is -2.52. The minimum Gasteiger partial charge on any atom is -0.338 e. The molecule has 1 aliphatic rings. The quantitative estimate of drug-likeness (QED) is 0.790. The molecule has 0 bridgehead atoms. The number of aryl methyl sites for hydroxylation is 1. The van der Waals surface area contributed by atoms with Crippen molar-refractivity contribution in [2.24, 2.45) is 7.05 Å². The van der Waals surface area contributed by atoms with E-state index in [2.05, 4.69) is 10.4 Å². The van der Waals surface area contributed by atoms with Gasteiger partial charge in [-0.15, -0.1) is 0 Å². The molecule has 27 heavy (non-hydrogen) atoms. The molecule has 1 aromatic carbocycles. The Labute approximate surface area is 157 Å². The molecule has 1 N–H and O–H groups in total. The Hall–Kier alpha value is -2.30. The van der Waals surface area contributed by atoms with Crippen LogP contribution >= 0.6 is 0 Å². The highest BCUT2D eigenvalue weighted by atomic mass is 32.2. The summed E-state index contributed by atoms with van der Waals surface area (Å²) < 4.78 is 41.3. The number of benzene rings is 1. The van der Waals surface area contributed by atoms with Gasteiger partial charge in [-0.25, -0.2) is 12.8 Å². The number of hydrogen-bond acceptors (Lipinski definition) is 5. The smallest absolute Gasteiger partial charge is 0.244 e. The molecular weight excluding hydrogens is 373 g/mol. The van der Waals surface area contributed by atoms with Crippen LogP contribution < -0.4 is 5.32 Å². The second kappa shape index (κ2) is 7.75. The molecule has 10 heteroatoms. The summed E-state index contributed by atoms with van der Waals surface area (Å²) in [6.45, 7) is 0.958. The first kappa shape index (κ1) is 19.5. The van der Waals surface area contributed by atoms with Crippen molar-refractivity contribution in [2.45, 2.75) is 10.9 Å². The number of rotatable bonds is 5. The molecule has 1 aliphatic heterocycles. The number of piperazine rings is 1. The molecule has 0 saturated carbocycles. The number of halogens is 1. The number of likely N-dealkylation sites (N-methyl/N-ethyl adjacent to an activating group) is 1. The van der Waals surface area contributed by atoms with Crippen LogP contribution in [0.5, 0.6) is 0 Å². The van der Waals surface area contributed by atoms with Gasteiger partial charge in [0, 0.05) is 45.0 Å². The van der Waals surface area contributed by atoms with Gasteiger partial charge in [-0.3, -0.25) is 9.48 Å². The van der Waals surface area contributed by atoms with Crippen LogP contribution in [0.4, 0.5) is 4.39 Å². The maximum absolute atomic E-state index is 13.0. The Bertz CT molecular complexity index is 905. The van der Waals surface area contributed by atoms with E-state index in [0.717, 1.165) is 17.7 Å². The fraction of sp³-hybridized carbons (Fsp3) is 0.412. The van der Waals surface area contributed by atoms with Gasteiger partial charge in [0.25, 0.3) is 0 Å². The van der Waals surface area contributed by atoms with Crippen molar-refractivity contribution in [1.29, 1.82) is 0 Å². The van der Waals surface area contributed by atoms with E-state index < -0.39 is 21.9 Å². The van der Waals surface area contributed by atoms with Crippen molar-refractivity contribution in [3.63, 3.8) is 0 Å². The third kappa shape index (κ3) is 4.02. The van der Waals surface area contributed by atoms with Crippen LogP contribution in [0, 0.1) is 5.82 Å². The highest BCUT2D eigenvalue weighted by Crippen LogP contribution is 2.20. The molecule has 2 aromatic rings. The third-order valence-corrected chi connectivity index (χ3v) is 6.51. The van der Waals surface area contributed by atoms with Crippen LogP contribution in [0.2, 0.25) is 0 Å². The fourth-order valence-electron chi connectivity index (χ4n) is 3.11. The largest absolute Gasteiger partial charge is 0.338 e. The average Bonchev–Trinajstić information content (AvgIpc) is 3.08. The molecule has 3 rings (SSSR count). The van der Waals surface area contributed by atoms with Crippen molar-refractivity contribution >= 4 is 15.9 Å². The minimum absolute atomic E-state index is 0.0483. The van der Waals surface area contributed by atoms with Gasteiger partial charge in [-0.2, -0.15) is 9.40 Å². The summed E-state index contributed by atoms with van der Waals surface area (Å²) in [5.74, 6) is -0.609. The Morgan fingerprint density at radius 2 is 1.81 bits per heavy atom. The molecule has 1 aromatic heterocycles. The van der Waals surface area contributed by atoms with Crippen molar-refractivity contribution in [3.8, 4) is 0 Å². The number of nitrogens with zero attached hydrogens (tertiary/aromatic N) is 4. The van der Waals surface area contributed by atoms with Crippen molar-refractivity contribution < 1.29 is 17.6 Å². The predicted molar refractivity (Wildman–Crippen MR) is 96.7 cm³/mol. The van der Waals surface area contributed by atoms with E-state index in [1.54, 1.807) is 36.1 Å². The molecular formula is C17H22FN5O3S. The van der Waals surface area contributed by atoms with Gasteiger partial charge < -0.3 is 10.2 Å². The summed E-state index contributed by atoms with van der Waals surface area (Å²) in [4.78, 5) is 14.5. The lowest BCUT2D eigenvalue weighted by atomic mass is 10.1. The summed E-state index contributed by atoms with van der Waals surface area (Å²) in [7, 11) is -0.226. The number of sulfonamides is 1. The monoisotopic (exact) mass is 395 g/mol. The molecule has 1 saturated heterocycles. The summed E-state index contributed by atoms with van der Waals surface area (Å²) >= 11 is 0. The molecule has 146 valence electrons. The summed E-state index contributed by atoms with van der Waals surface area (Å²) in [6.07, 6.45) is 3.41. The van der Waals surface area contributed by atoms with Crippen LogP contribution in [-0.4, -0.2) is 66.5 Å². The average molecular weight is 395 g/mol. The van der Waals surface area contributed by atoms with Crippen LogP contribution in [0.3, 0.4) is 0 Å². The number of aromatic nitrogens is 2. The maximum Gasteiger partial charge on any atom is 0.244 e. The van der Waals surface area contributed by atoms with Gasteiger partial charge in [0.05, 0.1) is 11.1 Å². The zero-order chi connectivity index (χ0) is 19.6. The minimum atomic E-state index is -3.70. The third-order valence-electron chi connectivity index (χ3n) is 4.60. The van der Waals surface area contributed by atoms with E-state index >= 15 is 0 Å². The normalized spacial score (nSPS) is 17.1. The van der Waals surface area contributed by atoms with Crippen molar-refractivity contribution in [3.05, 3.63) is 48.0 Å². The zero-order valence-corrected chi connectivity index (χ0v) is 16.0. The van der Waals surface area contributed by atoms with Gasteiger partial charge in [-0.05, 0) is 31.3 Å². The Morgan fingerprint density at radius 1 is 1.19 bits per heavy atom. The van der Waals surface area contributed by atoms with E-state index in [-0.39, 0.29) is 37.0 Å². The fourth-order valence-corrected chi connectivity index (χ4v) is 4.53. The molecule has 1 unspecified atom stereocenters. The van der Waals surface area contributed by atoms with E-state index in [4.69, 9.17) is 0 Å². The van der Waals surface area contributed by atoms with Crippen molar-refractivity contribution in [1.82, 2.24) is 24.3 Å². The van der Waals surface area contributed by atoms with Gasteiger partial charge in [0.2, 0.25) is 15.9 Å². The van der Waals surface area contributed by atoms with Gasteiger partial charge in [-0.1, -0.05) is 0 Å². The summed E-state index contributed by atoms with van der Waals surface area (Å²) in [5, 5.41) is 7.08. The summed E-state index contributed by atoms with van der Waals surface area (Å²) in [5.41, 5.74) is 0.756. The van der Waals surface area contributed by atoms with Crippen molar-refractivity contribution in [2.75, 3.05) is 33.2 Å². The first-order chi connectivity index (χ1) is 12.8. The van der Waals surface area contributed by atoms with Gasteiger partial charge in [0.15, 0.2) is 0 Å². The van der Waals surface area contributed by atoms with Gasteiger partial charge in [0.1, 0.15) is 11.9 Å². The van der Waals surface area contributed by atoms with E-state index in [9.17, 15) is 17.6 Å². The second-order valence-corrected chi connectivity index (χ2v) is 8.29. The Morgan fingerprint density at radius 3 is 2.33 bits per heavy atom. The number of amides is 1. The predicted octanol–water partition coefficient (Wildman–Crippen LogP) is 0.353. The number of nitrogens with one attached hydrogen (secondary N) is 1. The standard InChI is InChI=1S/C17H22FN5O3S/c1-19-16(13-11-20-21(2)12-13)17(24)22-7-9-23(10-8-22)27(25,26)15-5-3-14(18)4-6-15/h3-6,11-12,16,19H,7-10H2,1-2H3. The van der Waals surface area contributed by atoms with Gasteiger partial charge >= 0.3 is 0 Å². The lowest BCUT2D eigenvalue weighted by Gasteiger charge is -2.35. The molecule has 1 fully saturated rings. The van der Waals surface area contributed by atoms with E-state index in [0.29, 0.717) is 0 Å². The molecule has 1 amide bonds. The number of carbonyl (C=O) groups is 1. The van der Waals surface area contributed by atoms with E-state index in [1.165, 1.54) is 16.4 Å². The van der Waals surface area contributed by atoms with Crippen LogP contribution in [0.15, 0.2) is 41.6 Å². The molecule has 0 spiro atoms. The highest BCUT2D eigenvalue weighted by molar-refractivity contribution is 7.89.